The standard InChI is InChI=1S/C13H22N2O/c1-10(12(2,3)4)15-11(16)13(9-14)7-5-6-8-13/h10H,5-8H2,1-4H3,(H,15,16). The Morgan fingerprint density at radius 3 is 2.25 bits per heavy atom. The summed E-state index contributed by atoms with van der Waals surface area (Å²) in [7, 11) is 0. The van der Waals surface area contributed by atoms with Crippen molar-refractivity contribution >= 4 is 5.91 Å². The first kappa shape index (κ1) is 13.0. The zero-order valence-electron chi connectivity index (χ0n) is 10.8. The molecule has 1 aliphatic carbocycles. The van der Waals surface area contributed by atoms with E-state index in [2.05, 4.69) is 32.2 Å². The monoisotopic (exact) mass is 222 g/mol. The number of amides is 1. The maximum absolute atomic E-state index is 12.1. The third-order valence-corrected chi connectivity index (χ3v) is 3.75. The van der Waals surface area contributed by atoms with Gasteiger partial charge in [0, 0.05) is 6.04 Å². The molecule has 3 heteroatoms. The number of nitrogens with one attached hydrogen (secondary N) is 1. The van der Waals surface area contributed by atoms with Crippen molar-refractivity contribution in [2.75, 3.05) is 0 Å². The highest BCUT2D eigenvalue weighted by Crippen LogP contribution is 2.38. The SMILES string of the molecule is CC(NC(=O)C1(C#N)CCCC1)C(C)(C)C. The van der Waals surface area contributed by atoms with Crippen LogP contribution in [-0.2, 0) is 4.79 Å². The van der Waals surface area contributed by atoms with Crippen LogP contribution in [0.3, 0.4) is 0 Å². The molecule has 3 nitrogen and oxygen atoms in total. The lowest BCUT2D eigenvalue weighted by Crippen LogP contribution is -2.47. The van der Waals surface area contributed by atoms with Gasteiger partial charge in [0.2, 0.25) is 5.91 Å². The predicted molar refractivity (Wildman–Crippen MR) is 63.6 cm³/mol. The van der Waals surface area contributed by atoms with Crippen LogP contribution in [-0.4, -0.2) is 11.9 Å². The van der Waals surface area contributed by atoms with Crippen molar-refractivity contribution in [2.24, 2.45) is 10.8 Å². The van der Waals surface area contributed by atoms with Gasteiger partial charge < -0.3 is 5.32 Å². The molecule has 0 bridgehead atoms. The van der Waals surface area contributed by atoms with E-state index in [1.54, 1.807) is 0 Å². The minimum atomic E-state index is -0.750. The van der Waals surface area contributed by atoms with Crippen LogP contribution in [0.25, 0.3) is 0 Å². The first-order chi connectivity index (χ1) is 7.32. The van der Waals surface area contributed by atoms with Crippen molar-refractivity contribution in [2.45, 2.75) is 59.4 Å². The van der Waals surface area contributed by atoms with Crippen molar-refractivity contribution in [3.8, 4) is 6.07 Å². The smallest absolute Gasteiger partial charge is 0.240 e. The van der Waals surface area contributed by atoms with E-state index in [1.165, 1.54) is 0 Å². The minimum absolute atomic E-state index is 0.0326. The van der Waals surface area contributed by atoms with Gasteiger partial charge in [0.25, 0.3) is 0 Å². The number of hydrogen-bond donors (Lipinski definition) is 1. The Morgan fingerprint density at radius 2 is 1.88 bits per heavy atom. The molecule has 1 amide bonds. The van der Waals surface area contributed by atoms with Gasteiger partial charge in [-0.3, -0.25) is 4.79 Å². The Balaban J connectivity index is 2.69. The van der Waals surface area contributed by atoms with E-state index in [1.807, 2.05) is 6.92 Å². The molecule has 1 fully saturated rings. The second-order valence-corrected chi connectivity index (χ2v) is 5.96. The molecule has 1 atom stereocenters. The zero-order valence-corrected chi connectivity index (χ0v) is 10.8. The summed E-state index contributed by atoms with van der Waals surface area (Å²) in [4.78, 5) is 12.1. The normalized spacial score (nSPS) is 21.2. The van der Waals surface area contributed by atoms with E-state index in [0.29, 0.717) is 12.8 Å². The zero-order chi connectivity index (χ0) is 12.4. The van der Waals surface area contributed by atoms with Crippen LogP contribution in [0, 0.1) is 22.2 Å². The van der Waals surface area contributed by atoms with Gasteiger partial charge in [-0.1, -0.05) is 33.6 Å². The average molecular weight is 222 g/mol. The molecule has 1 saturated carbocycles. The Kier molecular flexibility index (Phi) is 3.62. The van der Waals surface area contributed by atoms with Gasteiger partial charge in [-0.25, -0.2) is 0 Å². The van der Waals surface area contributed by atoms with E-state index in [4.69, 9.17) is 0 Å². The Bertz CT molecular complexity index is 303. The molecule has 0 aromatic carbocycles. The topological polar surface area (TPSA) is 52.9 Å². The van der Waals surface area contributed by atoms with Crippen molar-refractivity contribution < 1.29 is 4.79 Å². The molecule has 1 rings (SSSR count). The summed E-state index contributed by atoms with van der Waals surface area (Å²) in [5, 5.41) is 12.2. The quantitative estimate of drug-likeness (QED) is 0.780. The average Bonchev–Trinajstić information content (AvgIpc) is 2.65. The van der Waals surface area contributed by atoms with Crippen LogP contribution >= 0.6 is 0 Å². The fourth-order valence-corrected chi connectivity index (χ4v) is 1.92. The van der Waals surface area contributed by atoms with Crippen LogP contribution in [0.5, 0.6) is 0 Å². The predicted octanol–water partition coefficient (Wildman–Crippen LogP) is 2.62. The van der Waals surface area contributed by atoms with Crippen molar-refractivity contribution in [1.82, 2.24) is 5.32 Å². The summed E-state index contributed by atoms with van der Waals surface area (Å²) in [5.41, 5.74) is -0.718. The highest BCUT2D eigenvalue weighted by molar-refractivity contribution is 5.86. The molecule has 1 unspecified atom stereocenters. The Hall–Kier alpha value is -1.04. The summed E-state index contributed by atoms with van der Waals surface area (Å²) in [6, 6.07) is 2.31. The van der Waals surface area contributed by atoms with E-state index < -0.39 is 5.41 Å². The Labute approximate surface area is 98.2 Å². The van der Waals surface area contributed by atoms with Crippen LogP contribution in [0.1, 0.15) is 53.4 Å². The van der Waals surface area contributed by atoms with E-state index in [9.17, 15) is 10.1 Å². The van der Waals surface area contributed by atoms with E-state index in [-0.39, 0.29) is 17.4 Å². The van der Waals surface area contributed by atoms with E-state index >= 15 is 0 Å². The maximum atomic E-state index is 12.1. The lowest BCUT2D eigenvalue weighted by atomic mass is 9.84. The third-order valence-electron chi connectivity index (χ3n) is 3.75. The fourth-order valence-electron chi connectivity index (χ4n) is 1.92. The van der Waals surface area contributed by atoms with Crippen molar-refractivity contribution in [3.05, 3.63) is 0 Å². The summed E-state index contributed by atoms with van der Waals surface area (Å²) in [5.74, 6) is -0.0741. The fraction of sp³-hybridized carbons (Fsp3) is 0.846. The Morgan fingerprint density at radius 1 is 1.38 bits per heavy atom. The van der Waals surface area contributed by atoms with Gasteiger partial charge in [-0.2, -0.15) is 5.26 Å². The minimum Gasteiger partial charge on any atom is -0.352 e. The maximum Gasteiger partial charge on any atom is 0.240 e. The number of nitrogens with zero attached hydrogens (tertiary/aromatic N) is 1. The second kappa shape index (κ2) is 4.45. The lowest BCUT2D eigenvalue weighted by molar-refractivity contribution is -0.129. The molecule has 0 aromatic rings. The molecule has 16 heavy (non-hydrogen) atoms. The molecule has 0 heterocycles. The van der Waals surface area contributed by atoms with Crippen LogP contribution < -0.4 is 5.32 Å². The number of rotatable bonds is 2. The first-order valence-corrected chi connectivity index (χ1v) is 6.04. The highest BCUT2D eigenvalue weighted by atomic mass is 16.2. The number of nitriles is 1. The summed E-state index contributed by atoms with van der Waals surface area (Å²) >= 11 is 0. The molecular weight excluding hydrogens is 200 g/mol. The molecule has 90 valence electrons. The highest BCUT2D eigenvalue weighted by Gasteiger charge is 2.42. The molecule has 0 radical (unpaired) electrons. The van der Waals surface area contributed by atoms with Crippen LogP contribution in [0.4, 0.5) is 0 Å². The summed E-state index contributed by atoms with van der Waals surface area (Å²) < 4.78 is 0. The molecule has 0 aliphatic heterocycles. The van der Waals surface area contributed by atoms with Crippen LogP contribution in [0.15, 0.2) is 0 Å². The largest absolute Gasteiger partial charge is 0.352 e. The number of hydrogen-bond acceptors (Lipinski definition) is 2. The van der Waals surface area contributed by atoms with Gasteiger partial charge in [-0.05, 0) is 25.2 Å². The van der Waals surface area contributed by atoms with Gasteiger partial charge in [0.05, 0.1) is 6.07 Å². The summed E-state index contributed by atoms with van der Waals surface area (Å²) in [6.07, 6.45) is 3.41. The lowest BCUT2D eigenvalue weighted by Gasteiger charge is -2.31. The van der Waals surface area contributed by atoms with Gasteiger partial charge in [-0.15, -0.1) is 0 Å². The van der Waals surface area contributed by atoms with Crippen molar-refractivity contribution in [1.29, 1.82) is 5.26 Å². The first-order valence-electron chi connectivity index (χ1n) is 6.04. The van der Waals surface area contributed by atoms with Crippen molar-refractivity contribution in [3.63, 3.8) is 0 Å². The molecule has 1 N–H and O–H groups in total. The molecule has 0 saturated heterocycles. The second-order valence-electron chi connectivity index (χ2n) is 5.96. The molecule has 0 spiro atoms. The van der Waals surface area contributed by atoms with Gasteiger partial charge in [0.1, 0.15) is 5.41 Å². The third kappa shape index (κ3) is 2.55. The number of carbonyl (C=O) groups is 1. The molecular formula is C13H22N2O. The number of carbonyl (C=O) groups excluding carboxylic acids is 1. The van der Waals surface area contributed by atoms with E-state index in [0.717, 1.165) is 12.8 Å². The molecule has 0 aromatic heterocycles. The molecule has 1 aliphatic rings. The van der Waals surface area contributed by atoms with Gasteiger partial charge >= 0.3 is 0 Å². The van der Waals surface area contributed by atoms with Gasteiger partial charge in [0.15, 0.2) is 0 Å². The summed E-state index contributed by atoms with van der Waals surface area (Å²) in [6.45, 7) is 8.26. The van der Waals surface area contributed by atoms with Crippen LogP contribution in [0.2, 0.25) is 0 Å².